The van der Waals surface area contributed by atoms with Crippen LogP contribution in [-0.4, -0.2) is 42.1 Å². The van der Waals surface area contributed by atoms with Gasteiger partial charge < -0.3 is 15.2 Å². The van der Waals surface area contributed by atoms with Crippen molar-refractivity contribution in [2.24, 2.45) is 5.92 Å². The van der Waals surface area contributed by atoms with Gasteiger partial charge in [0.25, 0.3) is 11.5 Å². The Kier molecular flexibility index (Phi) is 5.48. The molecule has 0 spiro atoms. The van der Waals surface area contributed by atoms with Crippen molar-refractivity contribution in [3.63, 3.8) is 0 Å². The molecule has 3 heterocycles. The molecule has 2 aromatic heterocycles. The van der Waals surface area contributed by atoms with Gasteiger partial charge in [-0.05, 0) is 31.9 Å². The van der Waals surface area contributed by atoms with E-state index < -0.39 is 0 Å². The zero-order valence-corrected chi connectivity index (χ0v) is 15.0. The lowest BCUT2D eigenvalue weighted by molar-refractivity contribution is -0.908. The Labute approximate surface area is 147 Å². The predicted octanol–water partition coefficient (Wildman–Crippen LogP) is 0.666. The van der Waals surface area contributed by atoms with Gasteiger partial charge in [0.1, 0.15) is 5.56 Å². The molecule has 6 heteroatoms. The third-order valence-electron chi connectivity index (χ3n) is 5.07. The van der Waals surface area contributed by atoms with Crippen molar-refractivity contribution in [3.05, 3.63) is 39.9 Å². The van der Waals surface area contributed by atoms with E-state index in [9.17, 15) is 9.59 Å². The zero-order valence-electron chi connectivity index (χ0n) is 15.0. The third kappa shape index (κ3) is 4.25. The SMILES string of the molecule is Cc1nccc2[nH]c(=O)c(C(=O)NCCC[NH+]3CCCC(C)C3)cc12. The molecule has 1 saturated heterocycles. The molecule has 2 atom stereocenters. The largest absolute Gasteiger partial charge is 0.352 e. The van der Waals surface area contributed by atoms with Crippen LogP contribution in [0.3, 0.4) is 0 Å². The number of likely N-dealkylation sites (tertiary alicyclic amines) is 1. The van der Waals surface area contributed by atoms with Crippen LogP contribution in [0.25, 0.3) is 10.9 Å². The summed E-state index contributed by atoms with van der Waals surface area (Å²) >= 11 is 0. The molecule has 134 valence electrons. The fraction of sp³-hybridized carbons (Fsp3) is 0.526. The van der Waals surface area contributed by atoms with Gasteiger partial charge in [-0.2, -0.15) is 0 Å². The summed E-state index contributed by atoms with van der Waals surface area (Å²) in [5, 5.41) is 3.69. The molecule has 0 radical (unpaired) electrons. The first-order valence-electron chi connectivity index (χ1n) is 9.15. The van der Waals surface area contributed by atoms with Crippen LogP contribution in [0.2, 0.25) is 0 Å². The summed E-state index contributed by atoms with van der Waals surface area (Å²) in [5.74, 6) is 0.486. The topological polar surface area (TPSA) is 79.3 Å². The van der Waals surface area contributed by atoms with E-state index in [1.54, 1.807) is 23.2 Å². The summed E-state index contributed by atoms with van der Waals surface area (Å²) in [6.07, 6.45) is 5.21. The zero-order chi connectivity index (χ0) is 17.8. The fourth-order valence-corrected chi connectivity index (χ4v) is 3.70. The molecule has 2 unspecified atom stereocenters. The quantitative estimate of drug-likeness (QED) is 0.698. The molecule has 3 rings (SSSR count). The minimum atomic E-state index is -0.355. The first kappa shape index (κ1) is 17.6. The number of piperidine rings is 1. The second-order valence-corrected chi connectivity index (χ2v) is 7.18. The lowest BCUT2D eigenvalue weighted by Crippen LogP contribution is -3.13. The van der Waals surface area contributed by atoms with Gasteiger partial charge in [0.15, 0.2) is 0 Å². The highest BCUT2D eigenvalue weighted by molar-refractivity contribution is 5.97. The summed E-state index contributed by atoms with van der Waals surface area (Å²) in [4.78, 5) is 33.1. The van der Waals surface area contributed by atoms with Gasteiger partial charge in [0, 0.05) is 36.2 Å². The minimum absolute atomic E-state index is 0.155. The van der Waals surface area contributed by atoms with Gasteiger partial charge in [-0.15, -0.1) is 0 Å². The summed E-state index contributed by atoms with van der Waals surface area (Å²) < 4.78 is 0. The second kappa shape index (κ2) is 7.78. The number of fused-ring (bicyclic) bond motifs is 1. The van der Waals surface area contributed by atoms with Crippen molar-refractivity contribution in [1.82, 2.24) is 15.3 Å². The van der Waals surface area contributed by atoms with E-state index in [0.717, 1.165) is 30.0 Å². The maximum atomic E-state index is 12.4. The van der Waals surface area contributed by atoms with Crippen molar-refractivity contribution >= 4 is 16.8 Å². The monoisotopic (exact) mass is 343 g/mol. The molecule has 1 amide bonds. The van der Waals surface area contributed by atoms with E-state index in [2.05, 4.69) is 22.2 Å². The lowest BCUT2D eigenvalue weighted by atomic mass is 10.0. The van der Waals surface area contributed by atoms with E-state index in [1.165, 1.54) is 25.9 Å². The number of aromatic amines is 1. The molecule has 6 nitrogen and oxygen atoms in total. The third-order valence-corrected chi connectivity index (χ3v) is 5.07. The van der Waals surface area contributed by atoms with E-state index in [1.807, 2.05) is 6.92 Å². The number of hydrogen-bond acceptors (Lipinski definition) is 3. The number of nitrogens with one attached hydrogen (secondary N) is 3. The van der Waals surface area contributed by atoms with Crippen LogP contribution in [0.15, 0.2) is 23.1 Å². The number of nitrogens with zero attached hydrogens (tertiary/aromatic N) is 1. The van der Waals surface area contributed by atoms with Gasteiger partial charge in [-0.1, -0.05) is 6.92 Å². The van der Waals surface area contributed by atoms with E-state index >= 15 is 0 Å². The number of hydrogen-bond donors (Lipinski definition) is 3. The molecule has 0 bridgehead atoms. The molecular formula is C19H27N4O2+. The van der Waals surface area contributed by atoms with Crippen LogP contribution in [0.4, 0.5) is 0 Å². The minimum Gasteiger partial charge on any atom is -0.352 e. The van der Waals surface area contributed by atoms with Crippen molar-refractivity contribution in [1.29, 1.82) is 0 Å². The maximum absolute atomic E-state index is 12.4. The fourth-order valence-electron chi connectivity index (χ4n) is 3.70. The molecule has 25 heavy (non-hydrogen) atoms. The van der Waals surface area contributed by atoms with Gasteiger partial charge in [-0.3, -0.25) is 14.6 Å². The molecular weight excluding hydrogens is 316 g/mol. The number of H-pyrrole nitrogens is 1. The molecule has 2 aromatic rings. The van der Waals surface area contributed by atoms with Crippen LogP contribution >= 0.6 is 0 Å². The molecule has 0 aliphatic carbocycles. The van der Waals surface area contributed by atoms with Crippen LogP contribution < -0.4 is 15.8 Å². The standard InChI is InChI=1S/C19H26N4O2/c1-13-5-3-9-23(12-13)10-4-7-21-18(24)16-11-15-14(2)20-8-6-17(15)22-19(16)25/h6,8,11,13H,3-5,7,9-10,12H2,1-2H3,(H,21,24)(H,22,25)/p+1. The van der Waals surface area contributed by atoms with Crippen molar-refractivity contribution in [3.8, 4) is 0 Å². The second-order valence-electron chi connectivity index (χ2n) is 7.18. The highest BCUT2D eigenvalue weighted by Crippen LogP contribution is 2.13. The number of pyridine rings is 2. The number of aromatic nitrogens is 2. The number of carbonyl (C=O) groups excluding carboxylic acids is 1. The van der Waals surface area contributed by atoms with E-state index in [4.69, 9.17) is 0 Å². The van der Waals surface area contributed by atoms with E-state index in [0.29, 0.717) is 12.1 Å². The molecule has 1 fully saturated rings. The van der Waals surface area contributed by atoms with Crippen LogP contribution in [-0.2, 0) is 0 Å². The Morgan fingerprint density at radius 2 is 2.32 bits per heavy atom. The number of rotatable bonds is 5. The first-order valence-corrected chi connectivity index (χ1v) is 9.15. The maximum Gasteiger partial charge on any atom is 0.261 e. The Balaban J connectivity index is 1.58. The summed E-state index contributed by atoms with van der Waals surface area (Å²) in [5.41, 5.74) is 1.30. The van der Waals surface area contributed by atoms with Gasteiger partial charge in [0.05, 0.1) is 25.2 Å². The number of aryl methyl sites for hydroxylation is 1. The predicted molar refractivity (Wildman–Crippen MR) is 98.0 cm³/mol. The Morgan fingerprint density at radius 3 is 3.12 bits per heavy atom. The molecule has 1 aliphatic rings. The molecule has 0 saturated carbocycles. The summed E-state index contributed by atoms with van der Waals surface area (Å²) in [6, 6.07) is 3.39. The Bertz CT molecular complexity index is 815. The van der Waals surface area contributed by atoms with Crippen LogP contribution in [0.5, 0.6) is 0 Å². The van der Waals surface area contributed by atoms with Crippen molar-refractivity contribution in [2.75, 3.05) is 26.2 Å². The number of amides is 1. The Morgan fingerprint density at radius 1 is 1.48 bits per heavy atom. The highest BCUT2D eigenvalue weighted by atomic mass is 16.2. The van der Waals surface area contributed by atoms with Crippen molar-refractivity contribution in [2.45, 2.75) is 33.1 Å². The van der Waals surface area contributed by atoms with Crippen molar-refractivity contribution < 1.29 is 9.69 Å². The molecule has 1 aliphatic heterocycles. The number of carbonyl (C=O) groups is 1. The smallest absolute Gasteiger partial charge is 0.261 e. The highest BCUT2D eigenvalue weighted by Gasteiger charge is 2.19. The Hall–Kier alpha value is -2.21. The summed E-state index contributed by atoms with van der Waals surface area (Å²) in [7, 11) is 0. The number of quaternary nitrogens is 1. The normalized spacial score (nSPS) is 20.6. The molecule has 3 N–H and O–H groups in total. The first-order chi connectivity index (χ1) is 12.0. The van der Waals surface area contributed by atoms with Gasteiger partial charge in [0.2, 0.25) is 0 Å². The van der Waals surface area contributed by atoms with Gasteiger partial charge in [-0.25, -0.2) is 0 Å². The molecule has 0 aromatic carbocycles. The summed E-state index contributed by atoms with van der Waals surface area (Å²) in [6.45, 7) is 8.30. The lowest BCUT2D eigenvalue weighted by Gasteiger charge is -2.27. The van der Waals surface area contributed by atoms with Gasteiger partial charge >= 0.3 is 0 Å². The average molecular weight is 343 g/mol. The van der Waals surface area contributed by atoms with Crippen LogP contribution in [0, 0.1) is 12.8 Å². The van der Waals surface area contributed by atoms with E-state index in [-0.39, 0.29) is 17.0 Å². The van der Waals surface area contributed by atoms with Crippen LogP contribution in [0.1, 0.15) is 42.2 Å². The average Bonchev–Trinajstić information content (AvgIpc) is 2.58.